The van der Waals surface area contributed by atoms with E-state index < -0.39 is 0 Å². The van der Waals surface area contributed by atoms with Gasteiger partial charge in [-0.3, -0.25) is 4.90 Å². The Morgan fingerprint density at radius 3 is 2.95 bits per heavy atom. The van der Waals surface area contributed by atoms with Gasteiger partial charge in [-0.05, 0) is 7.05 Å². The number of ether oxygens (including phenoxy) is 1. The van der Waals surface area contributed by atoms with Crippen molar-refractivity contribution in [2.75, 3.05) is 52.9 Å². The first-order chi connectivity index (χ1) is 9.31. The summed E-state index contributed by atoms with van der Waals surface area (Å²) in [5, 5.41) is 7.39. The highest BCUT2D eigenvalue weighted by Gasteiger charge is 2.25. The van der Waals surface area contributed by atoms with Crippen LogP contribution in [-0.2, 0) is 11.3 Å². The summed E-state index contributed by atoms with van der Waals surface area (Å²) < 4.78 is 11.0. The molecule has 0 radical (unpaired) electrons. The highest BCUT2D eigenvalue weighted by Crippen LogP contribution is 2.19. The molecule has 3 rings (SSSR count). The molecule has 2 aliphatic rings. The van der Waals surface area contributed by atoms with Gasteiger partial charge in [-0.25, -0.2) is 0 Å². The number of morpholine rings is 1. The van der Waals surface area contributed by atoms with E-state index in [1.807, 2.05) is 0 Å². The first-order valence-electron chi connectivity index (χ1n) is 6.87. The Balaban J connectivity index is 1.59. The maximum atomic E-state index is 5.69. The van der Waals surface area contributed by atoms with E-state index in [2.05, 4.69) is 32.3 Å². The van der Waals surface area contributed by atoms with Gasteiger partial charge in [0.25, 0.3) is 0 Å². The van der Waals surface area contributed by atoms with Gasteiger partial charge in [-0.2, -0.15) is 4.98 Å². The fourth-order valence-electron chi connectivity index (χ4n) is 2.46. The molecule has 1 aromatic rings. The lowest BCUT2D eigenvalue weighted by atomic mass is 10.3. The summed E-state index contributed by atoms with van der Waals surface area (Å²) in [4.78, 5) is 9.01. The van der Waals surface area contributed by atoms with Gasteiger partial charge in [0.05, 0.1) is 13.2 Å². The van der Waals surface area contributed by atoms with Crippen LogP contribution < -0.4 is 5.32 Å². The number of rotatable bonds is 3. The molecule has 0 aliphatic carbocycles. The topological polar surface area (TPSA) is 66.7 Å². The second-order valence-corrected chi connectivity index (χ2v) is 5.19. The third-order valence-electron chi connectivity index (χ3n) is 3.61. The molecule has 0 spiro atoms. The minimum atomic E-state index is -0.0562. The molecule has 19 heavy (non-hydrogen) atoms. The van der Waals surface area contributed by atoms with Crippen LogP contribution >= 0.6 is 0 Å². The number of nitrogens with one attached hydrogen (secondary N) is 1. The summed E-state index contributed by atoms with van der Waals surface area (Å²) in [5.74, 6) is 1.37. The molecule has 106 valence electrons. The number of hydrogen-bond acceptors (Lipinski definition) is 7. The Labute approximate surface area is 112 Å². The van der Waals surface area contributed by atoms with E-state index in [0.29, 0.717) is 11.7 Å². The number of aromatic nitrogens is 2. The number of piperazine rings is 1. The fraction of sp³-hybridized carbons (Fsp3) is 0.833. The van der Waals surface area contributed by atoms with Gasteiger partial charge in [-0.15, -0.1) is 0 Å². The van der Waals surface area contributed by atoms with Crippen molar-refractivity contribution in [3.05, 3.63) is 11.7 Å². The van der Waals surface area contributed by atoms with E-state index >= 15 is 0 Å². The van der Waals surface area contributed by atoms with E-state index in [9.17, 15) is 0 Å². The summed E-state index contributed by atoms with van der Waals surface area (Å²) in [6, 6.07) is 0. The predicted molar refractivity (Wildman–Crippen MR) is 68.6 cm³/mol. The molecular weight excluding hydrogens is 246 g/mol. The normalized spacial score (nSPS) is 26.7. The van der Waals surface area contributed by atoms with Crippen LogP contribution in [0, 0.1) is 0 Å². The van der Waals surface area contributed by atoms with Crippen LogP contribution in [0.25, 0.3) is 0 Å². The quantitative estimate of drug-likeness (QED) is 0.790. The number of nitrogens with zero attached hydrogens (tertiary/aromatic N) is 4. The van der Waals surface area contributed by atoms with Gasteiger partial charge in [0.2, 0.25) is 11.7 Å². The van der Waals surface area contributed by atoms with E-state index in [1.54, 1.807) is 0 Å². The minimum absolute atomic E-state index is 0.0562. The van der Waals surface area contributed by atoms with Crippen LogP contribution in [-0.4, -0.2) is 72.9 Å². The van der Waals surface area contributed by atoms with Crippen molar-refractivity contribution in [2.45, 2.75) is 12.6 Å². The van der Waals surface area contributed by atoms with Crippen molar-refractivity contribution >= 4 is 0 Å². The van der Waals surface area contributed by atoms with Crippen LogP contribution in [0.2, 0.25) is 0 Å². The fourth-order valence-corrected chi connectivity index (χ4v) is 2.46. The molecular formula is C12H21N5O2. The lowest BCUT2D eigenvalue weighted by Gasteiger charge is -2.27. The first-order valence-corrected chi connectivity index (χ1v) is 6.87. The second kappa shape index (κ2) is 5.96. The molecule has 2 fully saturated rings. The van der Waals surface area contributed by atoms with Crippen LogP contribution in [0.3, 0.4) is 0 Å². The maximum absolute atomic E-state index is 5.69. The van der Waals surface area contributed by atoms with E-state index in [-0.39, 0.29) is 6.10 Å². The second-order valence-electron chi connectivity index (χ2n) is 5.19. The zero-order valence-corrected chi connectivity index (χ0v) is 11.3. The molecule has 0 aromatic carbocycles. The summed E-state index contributed by atoms with van der Waals surface area (Å²) in [6.07, 6.45) is -0.0562. The Bertz CT molecular complexity index is 405. The monoisotopic (exact) mass is 267 g/mol. The van der Waals surface area contributed by atoms with Crippen molar-refractivity contribution in [1.29, 1.82) is 0 Å². The lowest BCUT2D eigenvalue weighted by Crippen LogP contribution is -2.42. The Morgan fingerprint density at radius 1 is 1.32 bits per heavy atom. The standard InChI is InChI=1S/C12H21N5O2/c1-16-6-7-18-10(8-16)12-14-11(19-15-12)9-17-4-2-13-3-5-17/h10,13H,2-9H2,1H3. The molecule has 0 saturated carbocycles. The molecule has 0 bridgehead atoms. The number of likely N-dealkylation sites (N-methyl/N-ethyl adjacent to an activating group) is 1. The zero-order chi connectivity index (χ0) is 13.1. The molecule has 1 unspecified atom stereocenters. The molecule has 0 amide bonds. The average molecular weight is 267 g/mol. The molecule has 7 heteroatoms. The van der Waals surface area contributed by atoms with Gasteiger partial charge in [0, 0.05) is 39.3 Å². The van der Waals surface area contributed by atoms with E-state index in [4.69, 9.17) is 9.26 Å². The summed E-state index contributed by atoms with van der Waals surface area (Å²) in [6.45, 7) is 7.35. The third-order valence-corrected chi connectivity index (χ3v) is 3.61. The third kappa shape index (κ3) is 3.30. The first kappa shape index (κ1) is 13.0. The SMILES string of the molecule is CN1CCOC(c2noc(CN3CCNCC3)n2)C1. The van der Waals surface area contributed by atoms with Crippen molar-refractivity contribution < 1.29 is 9.26 Å². The van der Waals surface area contributed by atoms with E-state index in [1.165, 1.54) is 0 Å². The highest BCUT2D eigenvalue weighted by atomic mass is 16.5. The van der Waals surface area contributed by atoms with Crippen LogP contribution in [0.15, 0.2) is 4.52 Å². The van der Waals surface area contributed by atoms with Crippen LogP contribution in [0.1, 0.15) is 17.8 Å². The van der Waals surface area contributed by atoms with Gasteiger partial charge < -0.3 is 19.5 Å². The highest BCUT2D eigenvalue weighted by molar-refractivity contribution is 4.94. The summed E-state index contributed by atoms with van der Waals surface area (Å²) >= 11 is 0. The predicted octanol–water partition coefficient (Wildman–Crippen LogP) is -0.522. The smallest absolute Gasteiger partial charge is 0.240 e. The summed E-state index contributed by atoms with van der Waals surface area (Å²) in [5.41, 5.74) is 0. The van der Waals surface area contributed by atoms with Gasteiger partial charge >= 0.3 is 0 Å². The van der Waals surface area contributed by atoms with E-state index in [0.717, 1.165) is 52.4 Å². The average Bonchev–Trinajstić information content (AvgIpc) is 2.88. The van der Waals surface area contributed by atoms with Crippen LogP contribution in [0.4, 0.5) is 0 Å². The summed E-state index contributed by atoms with van der Waals surface area (Å²) in [7, 11) is 2.08. The molecule has 1 N–H and O–H groups in total. The van der Waals surface area contributed by atoms with Gasteiger partial charge in [-0.1, -0.05) is 5.16 Å². The zero-order valence-electron chi connectivity index (χ0n) is 11.3. The molecule has 2 aliphatic heterocycles. The Kier molecular flexibility index (Phi) is 4.07. The van der Waals surface area contributed by atoms with Crippen molar-refractivity contribution in [2.24, 2.45) is 0 Å². The van der Waals surface area contributed by atoms with Gasteiger partial charge in [0.1, 0.15) is 6.10 Å². The number of hydrogen-bond donors (Lipinski definition) is 1. The molecule has 3 heterocycles. The lowest BCUT2D eigenvalue weighted by molar-refractivity contribution is -0.0264. The van der Waals surface area contributed by atoms with Crippen molar-refractivity contribution in [3.63, 3.8) is 0 Å². The largest absolute Gasteiger partial charge is 0.367 e. The molecule has 1 atom stereocenters. The van der Waals surface area contributed by atoms with Crippen molar-refractivity contribution in [3.8, 4) is 0 Å². The Morgan fingerprint density at radius 2 is 2.16 bits per heavy atom. The molecule has 2 saturated heterocycles. The van der Waals surface area contributed by atoms with Gasteiger partial charge in [0.15, 0.2) is 0 Å². The minimum Gasteiger partial charge on any atom is -0.367 e. The van der Waals surface area contributed by atoms with Crippen molar-refractivity contribution in [1.82, 2.24) is 25.3 Å². The molecule has 1 aromatic heterocycles. The maximum Gasteiger partial charge on any atom is 0.240 e. The Hall–Kier alpha value is -1.02. The molecule has 7 nitrogen and oxygen atoms in total. The van der Waals surface area contributed by atoms with Crippen LogP contribution in [0.5, 0.6) is 0 Å².